The summed E-state index contributed by atoms with van der Waals surface area (Å²) in [6.45, 7) is 2.13. The fourth-order valence-electron chi connectivity index (χ4n) is 3.51. The minimum atomic E-state index is 0.113. The van der Waals surface area contributed by atoms with Crippen molar-refractivity contribution in [3.63, 3.8) is 0 Å². The molecular weight excluding hydrogens is 352 g/mol. The molecule has 3 rings (SSSR count). The molecule has 1 amide bonds. The molecule has 6 nitrogen and oxygen atoms in total. The van der Waals surface area contributed by atoms with E-state index >= 15 is 0 Å². The fourth-order valence-corrected chi connectivity index (χ4v) is 3.51. The van der Waals surface area contributed by atoms with Crippen LogP contribution in [0.4, 0.5) is 11.5 Å². The summed E-state index contributed by atoms with van der Waals surface area (Å²) in [4.78, 5) is 21.3. The zero-order valence-electron chi connectivity index (χ0n) is 17.0. The zero-order valence-corrected chi connectivity index (χ0v) is 17.0. The van der Waals surface area contributed by atoms with Gasteiger partial charge in [-0.15, -0.1) is 0 Å². The highest BCUT2D eigenvalue weighted by Crippen LogP contribution is 2.19. The van der Waals surface area contributed by atoms with E-state index in [1.807, 2.05) is 60.4 Å². The van der Waals surface area contributed by atoms with Crippen LogP contribution in [0.1, 0.15) is 35.2 Å². The molecule has 1 aliphatic heterocycles. The predicted octanol–water partition coefficient (Wildman–Crippen LogP) is 3.40. The van der Waals surface area contributed by atoms with E-state index in [0.717, 1.165) is 55.0 Å². The van der Waals surface area contributed by atoms with Gasteiger partial charge >= 0.3 is 0 Å². The molecule has 1 atom stereocenters. The first-order chi connectivity index (χ1) is 13.6. The van der Waals surface area contributed by atoms with Crippen molar-refractivity contribution in [3.05, 3.63) is 53.7 Å². The lowest BCUT2D eigenvalue weighted by Gasteiger charge is -2.21. The van der Waals surface area contributed by atoms with E-state index in [0.29, 0.717) is 12.6 Å². The number of carbonyl (C=O) groups excluding carboxylic acids is 1. The van der Waals surface area contributed by atoms with E-state index in [2.05, 4.69) is 16.4 Å². The Morgan fingerprint density at radius 3 is 2.61 bits per heavy atom. The fraction of sp³-hybridized carbons (Fsp3) is 0.455. The second kappa shape index (κ2) is 9.55. The maximum Gasteiger partial charge on any atom is 0.253 e. The monoisotopic (exact) mass is 382 g/mol. The smallest absolute Gasteiger partial charge is 0.253 e. The molecule has 1 fully saturated rings. The number of nitrogens with one attached hydrogen (secondary N) is 1. The normalized spacial score (nSPS) is 17.1. The van der Waals surface area contributed by atoms with Crippen molar-refractivity contribution in [1.82, 2.24) is 9.88 Å². The third kappa shape index (κ3) is 5.23. The summed E-state index contributed by atoms with van der Waals surface area (Å²) < 4.78 is 5.13. The predicted molar refractivity (Wildman–Crippen MR) is 113 cm³/mol. The molecule has 2 heterocycles. The second-order valence-electron chi connectivity index (χ2n) is 7.49. The quantitative estimate of drug-likeness (QED) is 0.830. The number of benzene rings is 1. The summed E-state index contributed by atoms with van der Waals surface area (Å²) >= 11 is 0. The van der Waals surface area contributed by atoms with E-state index in [4.69, 9.17) is 4.74 Å². The number of ether oxygens (including phenoxy) is 1. The largest absolute Gasteiger partial charge is 0.381 e. The Kier molecular flexibility index (Phi) is 6.87. The number of carbonyl (C=O) groups is 1. The van der Waals surface area contributed by atoms with Gasteiger partial charge in [-0.05, 0) is 49.1 Å². The first kappa shape index (κ1) is 20.1. The van der Waals surface area contributed by atoms with Crippen LogP contribution < -0.4 is 10.2 Å². The van der Waals surface area contributed by atoms with Crippen LogP contribution in [-0.2, 0) is 11.3 Å². The Balaban J connectivity index is 1.55. The molecule has 0 bridgehead atoms. The summed E-state index contributed by atoms with van der Waals surface area (Å²) in [5, 5.41) is 3.57. The number of hydrogen-bond acceptors (Lipinski definition) is 5. The Hall–Kier alpha value is -2.60. The van der Waals surface area contributed by atoms with Gasteiger partial charge in [-0.3, -0.25) is 4.79 Å². The molecule has 1 aliphatic rings. The van der Waals surface area contributed by atoms with Crippen molar-refractivity contribution < 1.29 is 9.53 Å². The number of aromatic nitrogens is 1. The molecular formula is C22H30N4O2. The molecule has 0 aliphatic carbocycles. The molecule has 1 N–H and O–H groups in total. The first-order valence-electron chi connectivity index (χ1n) is 9.84. The molecule has 1 unspecified atom stereocenters. The minimum absolute atomic E-state index is 0.113. The van der Waals surface area contributed by atoms with Crippen molar-refractivity contribution >= 4 is 17.4 Å². The SMILES string of the molecule is COCc1ccc(C(=O)N2CCCC(Nc3ccc(N(C)C)nc3)CC2)cc1. The Morgan fingerprint density at radius 1 is 1.18 bits per heavy atom. The van der Waals surface area contributed by atoms with Gasteiger partial charge in [0.1, 0.15) is 5.82 Å². The number of pyridine rings is 1. The molecule has 1 aromatic carbocycles. The summed E-state index contributed by atoms with van der Waals surface area (Å²) in [6.07, 6.45) is 4.86. The van der Waals surface area contributed by atoms with Gasteiger partial charge in [0, 0.05) is 45.9 Å². The van der Waals surface area contributed by atoms with Crippen LogP contribution in [-0.4, -0.2) is 56.1 Å². The number of anilines is 2. The average Bonchev–Trinajstić information content (AvgIpc) is 2.94. The lowest BCUT2D eigenvalue weighted by Crippen LogP contribution is -2.32. The topological polar surface area (TPSA) is 57.7 Å². The number of nitrogens with zero attached hydrogens (tertiary/aromatic N) is 3. The van der Waals surface area contributed by atoms with Crippen molar-refractivity contribution in [2.24, 2.45) is 0 Å². The van der Waals surface area contributed by atoms with Gasteiger partial charge in [-0.1, -0.05) is 12.1 Å². The van der Waals surface area contributed by atoms with Crippen LogP contribution in [0.25, 0.3) is 0 Å². The number of likely N-dealkylation sites (tertiary alicyclic amines) is 1. The zero-order chi connectivity index (χ0) is 19.9. The number of methoxy groups -OCH3 is 1. The molecule has 28 heavy (non-hydrogen) atoms. The van der Waals surface area contributed by atoms with E-state index in [-0.39, 0.29) is 5.91 Å². The highest BCUT2D eigenvalue weighted by molar-refractivity contribution is 5.94. The lowest BCUT2D eigenvalue weighted by molar-refractivity contribution is 0.0761. The van der Waals surface area contributed by atoms with E-state index in [1.165, 1.54) is 0 Å². The lowest BCUT2D eigenvalue weighted by atomic mass is 10.1. The van der Waals surface area contributed by atoms with E-state index in [1.54, 1.807) is 7.11 Å². The van der Waals surface area contributed by atoms with Crippen LogP contribution in [0, 0.1) is 0 Å². The van der Waals surface area contributed by atoms with E-state index < -0.39 is 0 Å². The van der Waals surface area contributed by atoms with Crippen molar-refractivity contribution in [2.75, 3.05) is 44.5 Å². The Bertz CT molecular complexity index is 759. The third-order valence-electron chi connectivity index (χ3n) is 5.10. The summed E-state index contributed by atoms with van der Waals surface area (Å²) in [7, 11) is 5.64. The van der Waals surface area contributed by atoms with Gasteiger partial charge < -0.3 is 19.9 Å². The summed E-state index contributed by atoms with van der Waals surface area (Å²) in [5.41, 5.74) is 2.85. The van der Waals surface area contributed by atoms with Gasteiger partial charge in [-0.25, -0.2) is 4.98 Å². The van der Waals surface area contributed by atoms with Crippen LogP contribution in [0.15, 0.2) is 42.6 Å². The van der Waals surface area contributed by atoms with Gasteiger partial charge in [0.15, 0.2) is 0 Å². The molecule has 0 radical (unpaired) electrons. The van der Waals surface area contributed by atoms with Crippen LogP contribution >= 0.6 is 0 Å². The summed E-state index contributed by atoms with van der Waals surface area (Å²) in [5.74, 6) is 1.06. The number of amides is 1. The highest BCUT2D eigenvalue weighted by atomic mass is 16.5. The first-order valence-corrected chi connectivity index (χ1v) is 9.84. The number of rotatable bonds is 6. The van der Waals surface area contributed by atoms with Gasteiger partial charge in [0.05, 0.1) is 18.5 Å². The van der Waals surface area contributed by atoms with Gasteiger partial charge in [0.2, 0.25) is 0 Å². The van der Waals surface area contributed by atoms with Crippen LogP contribution in [0.2, 0.25) is 0 Å². The minimum Gasteiger partial charge on any atom is -0.381 e. The highest BCUT2D eigenvalue weighted by Gasteiger charge is 2.21. The molecule has 6 heteroatoms. The number of hydrogen-bond donors (Lipinski definition) is 1. The van der Waals surface area contributed by atoms with Crippen molar-refractivity contribution in [2.45, 2.75) is 31.9 Å². The maximum absolute atomic E-state index is 12.8. The molecule has 1 aromatic heterocycles. The molecule has 0 saturated carbocycles. The standard InChI is InChI=1S/C22H30N4O2/c1-25(2)21-11-10-20(15-23-21)24-19-5-4-13-26(14-12-19)22(27)18-8-6-17(7-9-18)16-28-3/h6-11,15,19,24H,4-5,12-14,16H2,1-3H3. The van der Waals surface area contributed by atoms with Gasteiger partial charge in [-0.2, -0.15) is 0 Å². The Labute approximate surface area is 167 Å². The Morgan fingerprint density at radius 2 is 1.96 bits per heavy atom. The molecule has 2 aromatic rings. The van der Waals surface area contributed by atoms with Crippen LogP contribution in [0.3, 0.4) is 0 Å². The van der Waals surface area contributed by atoms with Crippen molar-refractivity contribution in [3.8, 4) is 0 Å². The van der Waals surface area contributed by atoms with Gasteiger partial charge in [0.25, 0.3) is 5.91 Å². The van der Waals surface area contributed by atoms with E-state index in [9.17, 15) is 4.79 Å². The van der Waals surface area contributed by atoms with Crippen LogP contribution in [0.5, 0.6) is 0 Å². The molecule has 0 spiro atoms. The maximum atomic E-state index is 12.8. The van der Waals surface area contributed by atoms with Crippen molar-refractivity contribution in [1.29, 1.82) is 0 Å². The third-order valence-corrected chi connectivity index (χ3v) is 5.10. The summed E-state index contributed by atoms with van der Waals surface area (Å²) in [6, 6.07) is 12.2. The second-order valence-corrected chi connectivity index (χ2v) is 7.49. The average molecular weight is 383 g/mol. The molecule has 1 saturated heterocycles. The molecule has 150 valence electrons.